The summed E-state index contributed by atoms with van der Waals surface area (Å²) >= 11 is 0. The molecule has 0 aliphatic heterocycles. The molecule has 0 atom stereocenters. The minimum absolute atomic E-state index is 0. The van der Waals surface area contributed by atoms with Gasteiger partial charge in [0.1, 0.15) is 0 Å². The van der Waals surface area contributed by atoms with Gasteiger partial charge in [0.15, 0.2) is 6.43 Å². The predicted octanol–water partition coefficient (Wildman–Crippen LogP) is 3.05. The number of halogens is 4. The molecule has 0 unspecified atom stereocenters. The Hall–Kier alpha value is -0.0861. The average Bonchev–Trinajstić information content (AvgIpc) is 1.82. The van der Waals surface area contributed by atoms with Crippen LogP contribution < -0.4 is 0 Å². The average molecular weight is 266 g/mol. The maximum Gasteiger partial charge on any atom is 3.00 e. The molecule has 0 saturated heterocycles. The molecule has 1 aromatic rings. The fourth-order valence-electron chi connectivity index (χ4n) is 0.880. The molecule has 66 valence electrons. The first-order chi connectivity index (χ1) is 5.52. The van der Waals surface area contributed by atoms with E-state index in [0.29, 0.717) is 0 Å². The third-order valence-electron chi connectivity index (χ3n) is 1.38. The van der Waals surface area contributed by atoms with Gasteiger partial charge in [0.2, 0.25) is 0 Å². The molecule has 0 bridgehead atoms. The van der Waals surface area contributed by atoms with Crippen LogP contribution in [0.3, 0.4) is 0 Å². The quantitative estimate of drug-likeness (QED) is 0.541. The van der Waals surface area contributed by atoms with Crippen LogP contribution in [-0.4, -0.2) is 0 Å². The normalized spacial score (nSPS) is 9.31. The van der Waals surface area contributed by atoms with E-state index in [2.05, 4.69) is 0 Å². The van der Waals surface area contributed by atoms with E-state index in [-0.39, 0.29) is 38.3 Å². The minimum Gasteiger partial charge on any atom is -0.283 e. The second-order valence-corrected chi connectivity index (χ2v) is 2.36. The summed E-state index contributed by atoms with van der Waals surface area (Å²) in [4.78, 5) is 0. The first kappa shape index (κ1) is 12.9. The Morgan fingerprint density at radius 3 is 1.77 bits per heavy atom. The monoisotopic (exact) mass is 266 g/mol. The van der Waals surface area contributed by atoms with Crippen LogP contribution in [-0.2, 0) is 32.7 Å². The van der Waals surface area contributed by atoms with Gasteiger partial charge in [-0.3, -0.25) is 17.6 Å². The van der Waals surface area contributed by atoms with Gasteiger partial charge in [-0.1, -0.05) is 23.3 Å². The number of aryl methyl sites for hydroxylation is 1. The Morgan fingerprint density at radius 1 is 1.08 bits per heavy atom. The third kappa shape index (κ3) is 2.95. The molecule has 0 spiro atoms. The van der Waals surface area contributed by atoms with Crippen LogP contribution in [0.5, 0.6) is 0 Å². The topological polar surface area (TPSA) is 0 Å². The Bertz CT molecular complexity index is 275. The van der Waals surface area contributed by atoms with E-state index >= 15 is 0 Å². The molecule has 0 radical (unpaired) electrons. The standard InChI is InChI=1S/C8H5F4.Y/c1-4-2-5(9)7(8(11)12)6(10)3-4;/h2-3H,1H3;/q-1;+3. The van der Waals surface area contributed by atoms with Crippen LogP contribution in [0.2, 0.25) is 0 Å². The largest absolute Gasteiger partial charge is 3.00 e. The second-order valence-electron chi connectivity index (χ2n) is 2.36. The van der Waals surface area contributed by atoms with E-state index in [1.807, 2.05) is 0 Å². The fourth-order valence-corrected chi connectivity index (χ4v) is 0.880. The summed E-state index contributed by atoms with van der Waals surface area (Å²) < 4.78 is 49.0. The zero-order valence-corrected chi connectivity index (χ0v) is 9.58. The summed E-state index contributed by atoms with van der Waals surface area (Å²) in [6.45, 7) is 1.42. The van der Waals surface area contributed by atoms with E-state index in [1.165, 1.54) is 6.92 Å². The van der Waals surface area contributed by atoms with E-state index in [1.54, 1.807) is 0 Å². The van der Waals surface area contributed by atoms with Gasteiger partial charge in [-0.05, 0) is 6.92 Å². The Balaban J connectivity index is 0.00000144. The minimum atomic E-state index is -2.34. The molecule has 0 saturated carbocycles. The van der Waals surface area contributed by atoms with Crippen molar-refractivity contribution in [3.8, 4) is 0 Å². The molecule has 0 N–H and O–H groups in total. The SMILES string of the molecule is Cc1cc(F)c([C-](F)F)c(F)c1.[Y+3]. The van der Waals surface area contributed by atoms with Crippen molar-refractivity contribution in [3.63, 3.8) is 0 Å². The molecule has 1 rings (SSSR count). The van der Waals surface area contributed by atoms with Crippen molar-refractivity contribution in [2.75, 3.05) is 0 Å². The van der Waals surface area contributed by atoms with Crippen molar-refractivity contribution in [1.29, 1.82) is 0 Å². The molecule has 0 aliphatic carbocycles. The maximum absolute atomic E-state index is 12.6. The van der Waals surface area contributed by atoms with E-state index in [4.69, 9.17) is 0 Å². The summed E-state index contributed by atoms with van der Waals surface area (Å²) in [6.07, 6.45) is -2.34. The summed E-state index contributed by atoms with van der Waals surface area (Å²) in [5.41, 5.74) is -0.962. The van der Waals surface area contributed by atoms with Crippen molar-refractivity contribution < 1.29 is 50.3 Å². The molecular weight excluding hydrogens is 261 g/mol. The van der Waals surface area contributed by atoms with Crippen molar-refractivity contribution in [3.05, 3.63) is 41.3 Å². The molecule has 13 heavy (non-hydrogen) atoms. The van der Waals surface area contributed by atoms with E-state index < -0.39 is 23.6 Å². The smallest absolute Gasteiger partial charge is 0.283 e. The zero-order chi connectivity index (χ0) is 9.30. The number of hydrogen-bond acceptors (Lipinski definition) is 0. The Labute approximate surface area is 98.2 Å². The van der Waals surface area contributed by atoms with Crippen LogP contribution in [0.25, 0.3) is 0 Å². The van der Waals surface area contributed by atoms with Crippen molar-refractivity contribution >= 4 is 0 Å². The maximum atomic E-state index is 12.6. The van der Waals surface area contributed by atoms with E-state index in [0.717, 1.165) is 12.1 Å². The van der Waals surface area contributed by atoms with Crippen LogP contribution in [0.1, 0.15) is 11.1 Å². The Morgan fingerprint density at radius 2 is 1.46 bits per heavy atom. The fraction of sp³-hybridized carbons (Fsp3) is 0.125. The summed E-state index contributed by atoms with van der Waals surface area (Å²) in [6, 6.07) is 1.72. The van der Waals surface area contributed by atoms with Gasteiger partial charge in [-0.15, -0.1) is 0 Å². The van der Waals surface area contributed by atoms with E-state index in [9.17, 15) is 17.6 Å². The van der Waals surface area contributed by atoms with Crippen molar-refractivity contribution in [2.24, 2.45) is 0 Å². The summed E-state index contributed by atoms with van der Waals surface area (Å²) in [5.74, 6) is -2.46. The molecule has 0 fully saturated rings. The van der Waals surface area contributed by atoms with Gasteiger partial charge in [0, 0.05) is 11.6 Å². The third-order valence-corrected chi connectivity index (χ3v) is 1.38. The molecule has 0 aliphatic rings. The summed E-state index contributed by atoms with van der Waals surface area (Å²) in [7, 11) is 0. The molecule has 0 heterocycles. The number of rotatable bonds is 1. The van der Waals surface area contributed by atoms with Crippen molar-refractivity contribution in [2.45, 2.75) is 6.92 Å². The van der Waals surface area contributed by atoms with Gasteiger partial charge >= 0.3 is 32.7 Å². The molecule has 0 aromatic heterocycles. The van der Waals surface area contributed by atoms with Gasteiger partial charge in [0.05, 0.1) is 0 Å². The van der Waals surface area contributed by atoms with Gasteiger partial charge in [-0.2, -0.15) is 0 Å². The van der Waals surface area contributed by atoms with Crippen molar-refractivity contribution in [1.82, 2.24) is 0 Å². The summed E-state index contributed by atoms with van der Waals surface area (Å²) in [5, 5.41) is 0. The molecule has 0 amide bonds. The van der Waals surface area contributed by atoms with Crippen LogP contribution in [0.4, 0.5) is 17.6 Å². The molecule has 1 aromatic carbocycles. The van der Waals surface area contributed by atoms with Crippen LogP contribution >= 0.6 is 0 Å². The second kappa shape index (κ2) is 4.96. The van der Waals surface area contributed by atoms with Crippen LogP contribution in [0.15, 0.2) is 12.1 Å². The number of hydrogen-bond donors (Lipinski definition) is 0. The first-order valence-electron chi connectivity index (χ1n) is 3.16. The zero-order valence-electron chi connectivity index (χ0n) is 6.74. The molecule has 5 heteroatoms. The van der Waals surface area contributed by atoms with Gasteiger partial charge in [0.25, 0.3) is 0 Å². The molecular formula is C8H5F4Y+2. The predicted molar refractivity (Wildman–Crippen MR) is 35.7 cm³/mol. The van der Waals surface area contributed by atoms with Crippen LogP contribution in [0, 0.1) is 25.0 Å². The van der Waals surface area contributed by atoms with Gasteiger partial charge in [-0.25, -0.2) is 0 Å². The van der Waals surface area contributed by atoms with Gasteiger partial charge < -0.3 is 0 Å². The Kier molecular flexibility index (Phi) is 4.93. The first-order valence-corrected chi connectivity index (χ1v) is 3.16. The number of benzene rings is 1. The molecule has 0 nitrogen and oxygen atoms in total.